The molecule has 1 heterocycles. The minimum atomic E-state index is -4.72. The second kappa shape index (κ2) is 7.87. The highest BCUT2D eigenvalue weighted by molar-refractivity contribution is 6.06. The average Bonchev–Trinajstić information content (AvgIpc) is 3.48. The van der Waals surface area contributed by atoms with Crippen molar-refractivity contribution in [3.63, 3.8) is 0 Å². The summed E-state index contributed by atoms with van der Waals surface area (Å²) in [6.07, 6.45) is -1.83. The van der Waals surface area contributed by atoms with Gasteiger partial charge < -0.3 is 15.4 Å². The van der Waals surface area contributed by atoms with Crippen molar-refractivity contribution in [2.75, 3.05) is 17.2 Å². The van der Waals surface area contributed by atoms with Gasteiger partial charge in [-0.25, -0.2) is 4.98 Å². The van der Waals surface area contributed by atoms with Crippen molar-refractivity contribution in [2.24, 2.45) is 5.92 Å². The van der Waals surface area contributed by atoms with E-state index in [1.807, 2.05) is 0 Å². The number of benzene rings is 1. The van der Waals surface area contributed by atoms with Gasteiger partial charge in [0.2, 0.25) is 11.8 Å². The lowest BCUT2D eigenvalue weighted by Gasteiger charge is -2.16. The molecule has 6 nitrogen and oxygen atoms in total. The normalized spacial score (nSPS) is 13.7. The van der Waals surface area contributed by atoms with E-state index in [9.17, 15) is 22.8 Å². The number of hydrogen-bond acceptors (Lipinski definition) is 4. The lowest BCUT2D eigenvalue weighted by molar-refractivity contribution is -0.137. The van der Waals surface area contributed by atoms with Gasteiger partial charge in [-0.05, 0) is 50.1 Å². The Morgan fingerprint density at radius 2 is 1.96 bits per heavy atom. The lowest BCUT2D eigenvalue weighted by atomic mass is 10.1. The molecule has 0 spiro atoms. The van der Waals surface area contributed by atoms with Crippen molar-refractivity contribution in [1.29, 1.82) is 0 Å². The Balaban J connectivity index is 1.86. The van der Waals surface area contributed by atoms with Crippen LogP contribution >= 0.6 is 0 Å². The van der Waals surface area contributed by atoms with E-state index in [2.05, 4.69) is 15.6 Å². The van der Waals surface area contributed by atoms with Gasteiger partial charge in [0.05, 0.1) is 17.9 Å². The summed E-state index contributed by atoms with van der Waals surface area (Å²) in [6, 6.07) is 6.13. The quantitative estimate of drug-likeness (QED) is 0.774. The molecule has 1 aliphatic rings. The van der Waals surface area contributed by atoms with E-state index in [-0.39, 0.29) is 35.6 Å². The summed E-state index contributed by atoms with van der Waals surface area (Å²) >= 11 is 0. The molecule has 0 radical (unpaired) electrons. The molecule has 9 heteroatoms. The number of nitrogens with one attached hydrogen (secondary N) is 2. The van der Waals surface area contributed by atoms with Crippen molar-refractivity contribution in [3.05, 3.63) is 47.7 Å². The molecule has 2 amide bonds. The topological polar surface area (TPSA) is 80.3 Å². The first kappa shape index (κ1) is 19.7. The smallest absolute Gasteiger partial charge is 0.418 e. The number of amides is 2. The van der Waals surface area contributed by atoms with Crippen LogP contribution < -0.4 is 15.4 Å². The van der Waals surface area contributed by atoms with Crippen LogP contribution in [0, 0.1) is 5.92 Å². The Labute approximate surface area is 159 Å². The van der Waals surface area contributed by atoms with Crippen LogP contribution in [0.1, 0.15) is 35.7 Å². The summed E-state index contributed by atoms with van der Waals surface area (Å²) < 4.78 is 45.7. The fourth-order valence-corrected chi connectivity index (χ4v) is 2.56. The second-order valence-electron chi connectivity index (χ2n) is 6.26. The first-order valence-electron chi connectivity index (χ1n) is 8.71. The molecule has 0 atom stereocenters. The van der Waals surface area contributed by atoms with E-state index in [1.54, 1.807) is 6.92 Å². The number of halogens is 3. The van der Waals surface area contributed by atoms with Crippen molar-refractivity contribution < 1.29 is 27.5 Å². The van der Waals surface area contributed by atoms with E-state index in [1.165, 1.54) is 24.4 Å². The number of ether oxygens (including phenoxy) is 1. The molecule has 1 saturated carbocycles. The van der Waals surface area contributed by atoms with Gasteiger partial charge in [-0.1, -0.05) is 0 Å². The molecule has 2 aromatic rings. The summed E-state index contributed by atoms with van der Waals surface area (Å²) in [6.45, 7) is 1.95. The summed E-state index contributed by atoms with van der Waals surface area (Å²) in [5.41, 5.74) is -1.44. The van der Waals surface area contributed by atoms with E-state index < -0.39 is 23.3 Å². The number of carbonyl (C=O) groups excluding carboxylic acids is 2. The molecule has 0 bridgehead atoms. The zero-order valence-electron chi connectivity index (χ0n) is 15.0. The van der Waals surface area contributed by atoms with Crippen LogP contribution in [0.15, 0.2) is 36.5 Å². The van der Waals surface area contributed by atoms with Gasteiger partial charge in [-0.15, -0.1) is 0 Å². The number of pyridine rings is 1. The molecule has 3 rings (SSSR count). The Morgan fingerprint density at radius 3 is 2.61 bits per heavy atom. The van der Waals surface area contributed by atoms with Crippen molar-refractivity contribution in [2.45, 2.75) is 25.9 Å². The molecule has 1 aromatic heterocycles. The van der Waals surface area contributed by atoms with Crippen molar-refractivity contribution in [1.82, 2.24) is 4.98 Å². The predicted molar refractivity (Wildman–Crippen MR) is 96.2 cm³/mol. The van der Waals surface area contributed by atoms with E-state index in [0.717, 1.165) is 25.0 Å². The second-order valence-corrected chi connectivity index (χ2v) is 6.26. The highest BCUT2D eigenvalue weighted by Gasteiger charge is 2.35. The Bertz CT molecular complexity index is 895. The van der Waals surface area contributed by atoms with Gasteiger partial charge >= 0.3 is 6.18 Å². The predicted octanol–water partition coefficient (Wildman–Crippen LogP) is 4.10. The zero-order valence-corrected chi connectivity index (χ0v) is 15.0. The molecule has 28 heavy (non-hydrogen) atoms. The lowest BCUT2D eigenvalue weighted by Crippen LogP contribution is -2.19. The number of rotatable bonds is 6. The van der Waals surface area contributed by atoms with E-state index in [0.29, 0.717) is 0 Å². The molecule has 1 aromatic carbocycles. The number of alkyl halides is 3. The number of carbonyl (C=O) groups is 2. The summed E-state index contributed by atoms with van der Waals surface area (Å²) in [5, 5.41) is 4.73. The van der Waals surface area contributed by atoms with Gasteiger partial charge in [0.15, 0.2) is 0 Å². The largest absolute Gasteiger partial charge is 0.477 e. The highest BCUT2D eigenvalue weighted by atomic mass is 19.4. The average molecular weight is 393 g/mol. The van der Waals surface area contributed by atoms with Crippen LogP contribution in [0.3, 0.4) is 0 Å². The number of aromatic nitrogens is 1. The third-order valence-corrected chi connectivity index (χ3v) is 4.09. The highest BCUT2D eigenvalue weighted by Crippen LogP contribution is 2.37. The first-order valence-corrected chi connectivity index (χ1v) is 8.71. The minimum Gasteiger partial charge on any atom is -0.477 e. The molecule has 2 N–H and O–H groups in total. The molecule has 1 fully saturated rings. The van der Waals surface area contributed by atoms with Gasteiger partial charge in [-0.3, -0.25) is 9.59 Å². The Hall–Kier alpha value is -3.10. The van der Waals surface area contributed by atoms with Gasteiger partial charge in [0, 0.05) is 17.8 Å². The molecule has 1 aliphatic carbocycles. The third-order valence-electron chi connectivity index (χ3n) is 4.09. The van der Waals surface area contributed by atoms with Crippen LogP contribution in [-0.2, 0) is 11.0 Å². The van der Waals surface area contributed by atoms with Crippen molar-refractivity contribution in [3.8, 4) is 5.88 Å². The molecule has 148 valence electrons. The maximum Gasteiger partial charge on any atom is 0.418 e. The zero-order chi connectivity index (χ0) is 20.3. The van der Waals surface area contributed by atoms with Crippen LogP contribution in [0.5, 0.6) is 5.88 Å². The molecular weight excluding hydrogens is 375 g/mol. The van der Waals surface area contributed by atoms with Crippen LogP contribution in [0.4, 0.5) is 24.5 Å². The Morgan fingerprint density at radius 1 is 1.21 bits per heavy atom. The fraction of sp³-hybridized carbons (Fsp3) is 0.316. The molecule has 0 aliphatic heterocycles. The van der Waals surface area contributed by atoms with Gasteiger partial charge in [0.25, 0.3) is 5.91 Å². The van der Waals surface area contributed by atoms with Gasteiger partial charge in [-0.2, -0.15) is 13.2 Å². The maximum atomic E-state index is 13.5. The minimum absolute atomic E-state index is 0.0172. The standard InChI is InChI=1S/C19H18F3N3O3/c1-2-28-18-13(4-3-9-23-18)17(27)25-15-8-7-12(10-14(15)19(20,21)22)24-16(26)11-5-6-11/h3-4,7-11H,2,5-6H2,1H3,(H,24,26)(H,25,27). The Kier molecular flexibility index (Phi) is 5.53. The first-order chi connectivity index (χ1) is 13.3. The summed E-state index contributed by atoms with van der Waals surface area (Å²) in [7, 11) is 0. The number of nitrogens with zero attached hydrogens (tertiary/aromatic N) is 1. The van der Waals surface area contributed by atoms with E-state index >= 15 is 0 Å². The number of anilines is 2. The number of hydrogen-bond donors (Lipinski definition) is 2. The third kappa shape index (κ3) is 4.59. The SMILES string of the molecule is CCOc1ncccc1C(=O)Nc1ccc(NC(=O)C2CC2)cc1C(F)(F)F. The molecule has 0 saturated heterocycles. The molecular formula is C19H18F3N3O3. The fourth-order valence-electron chi connectivity index (χ4n) is 2.56. The maximum absolute atomic E-state index is 13.5. The van der Waals surface area contributed by atoms with Crippen LogP contribution in [0.25, 0.3) is 0 Å². The van der Waals surface area contributed by atoms with Crippen LogP contribution in [-0.4, -0.2) is 23.4 Å². The monoisotopic (exact) mass is 393 g/mol. The summed E-state index contributed by atoms with van der Waals surface area (Å²) in [4.78, 5) is 28.2. The van der Waals surface area contributed by atoms with Gasteiger partial charge in [0.1, 0.15) is 5.56 Å². The van der Waals surface area contributed by atoms with E-state index in [4.69, 9.17) is 4.74 Å². The molecule has 0 unspecified atom stereocenters. The van der Waals surface area contributed by atoms with Crippen molar-refractivity contribution >= 4 is 23.2 Å². The van der Waals surface area contributed by atoms with Crippen LogP contribution in [0.2, 0.25) is 0 Å². The summed E-state index contributed by atoms with van der Waals surface area (Å²) in [5.74, 6) is -1.20.